The standard InChI is InChI=1S/C20H18FN9O/c1-20(2)7-13(14-10-24-16-6-15(21)29-30(16)17(14)20)19(31)27-12-5-11(8-23)18(25-9-12)28-26-4-3-22/h3-6,9-10,13,22H,7H2,1-2H3,(H,25,28)(H,27,31)/b22-3?,26-4-/t13-/m0/s1. The van der Waals surface area contributed by atoms with Gasteiger partial charge in [0.15, 0.2) is 11.5 Å². The SMILES string of the molecule is CC1(C)C[C@H](C(=O)Nc2cnc(N/N=C\C=N)c(C#N)c2)c2cnc3cc(F)nn3c21. The average Bonchev–Trinajstić information content (AvgIpc) is 3.24. The largest absolute Gasteiger partial charge is 0.324 e. The van der Waals surface area contributed by atoms with Crippen molar-refractivity contribution in [3.8, 4) is 6.07 Å². The Labute approximate surface area is 176 Å². The highest BCUT2D eigenvalue weighted by atomic mass is 19.1. The Bertz CT molecular complexity index is 1270. The second-order valence-corrected chi connectivity index (χ2v) is 7.72. The summed E-state index contributed by atoms with van der Waals surface area (Å²) in [4.78, 5) is 21.4. The Hall–Kier alpha value is -4.20. The predicted molar refractivity (Wildman–Crippen MR) is 112 cm³/mol. The summed E-state index contributed by atoms with van der Waals surface area (Å²) in [5.41, 5.74) is 4.51. The number of nitrogens with one attached hydrogen (secondary N) is 3. The maximum Gasteiger partial charge on any atom is 0.235 e. The highest BCUT2D eigenvalue weighted by Crippen LogP contribution is 2.45. The lowest BCUT2D eigenvalue weighted by atomic mass is 9.88. The molecule has 3 heterocycles. The molecule has 1 aliphatic carbocycles. The molecule has 0 aromatic carbocycles. The van der Waals surface area contributed by atoms with Crippen molar-refractivity contribution in [2.45, 2.75) is 31.6 Å². The lowest BCUT2D eigenvalue weighted by molar-refractivity contribution is -0.117. The zero-order valence-corrected chi connectivity index (χ0v) is 16.7. The van der Waals surface area contributed by atoms with Crippen molar-refractivity contribution in [1.82, 2.24) is 19.6 Å². The summed E-state index contributed by atoms with van der Waals surface area (Å²) >= 11 is 0. The number of hydrazone groups is 1. The van der Waals surface area contributed by atoms with Crippen LogP contribution in [0, 0.1) is 22.7 Å². The molecule has 11 heteroatoms. The van der Waals surface area contributed by atoms with E-state index in [9.17, 15) is 14.4 Å². The molecule has 1 amide bonds. The van der Waals surface area contributed by atoms with Crippen LogP contribution in [0.3, 0.4) is 0 Å². The summed E-state index contributed by atoms with van der Waals surface area (Å²) in [6.45, 7) is 3.95. The summed E-state index contributed by atoms with van der Waals surface area (Å²) in [5.74, 6) is -1.22. The van der Waals surface area contributed by atoms with E-state index in [1.54, 1.807) is 6.20 Å². The number of fused-ring (bicyclic) bond motifs is 3. The van der Waals surface area contributed by atoms with Gasteiger partial charge >= 0.3 is 0 Å². The molecule has 1 aliphatic rings. The molecule has 0 fully saturated rings. The summed E-state index contributed by atoms with van der Waals surface area (Å²) in [7, 11) is 0. The van der Waals surface area contributed by atoms with Gasteiger partial charge < -0.3 is 10.7 Å². The minimum Gasteiger partial charge on any atom is -0.324 e. The van der Waals surface area contributed by atoms with Gasteiger partial charge in [-0.3, -0.25) is 10.2 Å². The van der Waals surface area contributed by atoms with Gasteiger partial charge in [-0.1, -0.05) is 13.8 Å². The number of carbonyl (C=O) groups excluding carboxylic acids is 1. The van der Waals surface area contributed by atoms with Crippen molar-refractivity contribution in [2.24, 2.45) is 5.10 Å². The highest BCUT2D eigenvalue weighted by Gasteiger charge is 2.43. The molecule has 0 spiro atoms. The Balaban J connectivity index is 1.62. The Morgan fingerprint density at radius 1 is 1.42 bits per heavy atom. The average molecular weight is 419 g/mol. The van der Waals surface area contributed by atoms with Gasteiger partial charge in [-0.15, -0.1) is 5.10 Å². The second-order valence-electron chi connectivity index (χ2n) is 7.72. The smallest absolute Gasteiger partial charge is 0.235 e. The van der Waals surface area contributed by atoms with Gasteiger partial charge in [-0.2, -0.15) is 14.8 Å². The number of anilines is 2. The van der Waals surface area contributed by atoms with Gasteiger partial charge in [0.2, 0.25) is 11.9 Å². The number of amides is 1. The Kier molecular flexibility index (Phi) is 4.90. The molecular formula is C20H18FN9O. The van der Waals surface area contributed by atoms with Crippen LogP contribution in [0.2, 0.25) is 0 Å². The van der Waals surface area contributed by atoms with E-state index in [0.717, 1.165) is 11.9 Å². The van der Waals surface area contributed by atoms with Gasteiger partial charge in [0.25, 0.3) is 0 Å². The van der Waals surface area contributed by atoms with Crippen LogP contribution >= 0.6 is 0 Å². The lowest BCUT2D eigenvalue weighted by Gasteiger charge is -2.19. The minimum absolute atomic E-state index is 0.183. The van der Waals surface area contributed by atoms with E-state index in [0.29, 0.717) is 23.3 Å². The van der Waals surface area contributed by atoms with Gasteiger partial charge in [-0.05, 0) is 12.5 Å². The number of halogens is 1. The predicted octanol–water partition coefficient (Wildman–Crippen LogP) is 2.59. The molecular weight excluding hydrogens is 401 g/mol. The van der Waals surface area contributed by atoms with Gasteiger partial charge in [0.05, 0.1) is 35.3 Å². The number of hydrogen-bond donors (Lipinski definition) is 3. The number of aromatic nitrogens is 4. The fraction of sp³-hybridized carbons (Fsp3) is 0.250. The third-order valence-electron chi connectivity index (χ3n) is 5.12. The molecule has 1 atom stereocenters. The monoisotopic (exact) mass is 419 g/mol. The van der Waals surface area contributed by atoms with Crippen molar-refractivity contribution in [1.29, 1.82) is 10.7 Å². The van der Waals surface area contributed by atoms with Crippen molar-refractivity contribution in [3.63, 3.8) is 0 Å². The molecule has 0 unspecified atom stereocenters. The number of hydrogen-bond acceptors (Lipinski definition) is 8. The van der Waals surface area contributed by atoms with E-state index in [-0.39, 0.29) is 17.3 Å². The Morgan fingerprint density at radius 3 is 2.97 bits per heavy atom. The number of rotatable bonds is 5. The van der Waals surface area contributed by atoms with Crippen molar-refractivity contribution >= 4 is 35.5 Å². The topological polar surface area (TPSA) is 144 Å². The van der Waals surface area contributed by atoms with Gasteiger partial charge in [-0.25, -0.2) is 14.5 Å². The highest BCUT2D eigenvalue weighted by molar-refractivity contribution is 6.14. The van der Waals surface area contributed by atoms with E-state index in [2.05, 4.69) is 30.9 Å². The zero-order valence-electron chi connectivity index (χ0n) is 16.7. The summed E-state index contributed by atoms with van der Waals surface area (Å²) in [6.07, 6.45) is 5.68. The van der Waals surface area contributed by atoms with Crippen molar-refractivity contribution in [2.75, 3.05) is 10.7 Å². The number of carbonyl (C=O) groups is 1. The van der Waals surface area contributed by atoms with Crippen LogP contribution in [0.4, 0.5) is 15.9 Å². The first kappa shape index (κ1) is 20.1. The van der Waals surface area contributed by atoms with E-state index in [1.165, 1.54) is 29.1 Å². The van der Waals surface area contributed by atoms with Gasteiger partial charge in [0.1, 0.15) is 6.07 Å². The maximum atomic E-state index is 13.7. The number of nitriles is 1. The molecule has 0 bridgehead atoms. The fourth-order valence-electron chi connectivity index (χ4n) is 3.87. The molecule has 31 heavy (non-hydrogen) atoms. The Morgan fingerprint density at radius 2 is 2.23 bits per heavy atom. The number of nitrogens with zero attached hydrogens (tertiary/aromatic N) is 6. The molecule has 3 aromatic heterocycles. The minimum atomic E-state index is -0.627. The van der Waals surface area contributed by atoms with Crippen molar-refractivity contribution < 1.29 is 9.18 Å². The molecule has 0 saturated carbocycles. The normalized spacial score (nSPS) is 16.8. The molecule has 0 radical (unpaired) electrons. The van der Waals surface area contributed by atoms with Crippen LogP contribution in [0.15, 0.2) is 29.6 Å². The first-order chi connectivity index (χ1) is 14.8. The van der Waals surface area contributed by atoms with Crippen LogP contribution in [0.5, 0.6) is 0 Å². The third kappa shape index (κ3) is 3.59. The summed E-state index contributed by atoms with van der Waals surface area (Å²) in [6, 6.07) is 4.73. The van der Waals surface area contributed by atoms with E-state index >= 15 is 0 Å². The van der Waals surface area contributed by atoms with Crippen molar-refractivity contribution in [3.05, 3.63) is 47.3 Å². The number of pyridine rings is 1. The molecule has 4 rings (SSSR count). The molecule has 3 N–H and O–H groups in total. The first-order valence-electron chi connectivity index (χ1n) is 9.38. The van der Waals surface area contributed by atoms with Crippen LogP contribution in [-0.4, -0.2) is 37.9 Å². The molecule has 3 aromatic rings. The quantitative estimate of drug-likeness (QED) is 0.428. The maximum absolute atomic E-state index is 13.7. The summed E-state index contributed by atoms with van der Waals surface area (Å²) < 4.78 is 15.1. The van der Waals surface area contributed by atoms with Crippen LogP contribution in [0.25, 0.3) is 5.65 Å². The van der Waals surface area contributed by atoms with Crippen LogP contribution in [-0.2, 0) is 10.2 Å². The molecule has 0 saturated heterocycles. The zero-order chi connectivity index (χ0) is 22.2. The van der Waals surface area contributed by atoms with Crippen LogP contribution < -0.4 is 10.7 Å². The van der Waals surface area contributed by atoms with E-state index in [4.69, 9.17) is 5.41 Å². The first-order valence-corrected chi connectivity index (χ1v) is 9.38. The second kappa shape index (κ2) is 7.56. The fourth-order valence-corrected chi connectivity index (χ4v) is 3.87. The van der Waals surface area contributed by atoms with Gasteiger partial charge in [0, 0.05) is 29.5 Å². The molecule has 10 nitrogen and oxygen atoms in total. The van der Waals surface area contributed by atoms with E-state index in [1.807, 2.05) is 19.9 Å². The van der Waals surface area contributed by atoms with Crippen LogP contribution in [0.1, 0.15) is 43.0 Å². The molecule has 0 aliphatic heterocycles. The summed E-state index contributed by atoms with van der Waals surface area (Å²) in [5, 5.41) is 26.7. The molecule has 156 valence electrons. The lowest BCUT2D eigenvalue weighted by Crippen LogP contribution is -2.21. The third-order valence-corrected chi connectivity index (χ3v) is 5.12. The van der Waals surface area contributed by atoms with E-state index < -0.39 is 17.3 Å².